The van der Waals surface area contributed by atoms with Crippen LogP contribution in [0.3, 0.4) is 0 Å². The Morgan fingerprint density at radius 3 is 2.54 bits per heavy atom. The van der Waals surface area contributed by atoms with E-state index in [1.165, 1.54) is 19.9 Å². The number of hydrogen-bond donors (Lipinski definition) is 2. The third kappa shape index (κ3) is 5.29. The topological polar surface area (TPSA) is 127 Å². The standard InChI is InChI=1S/C15H20O8S/c1-4-5-6-7-8-15(3)13(16)12(14(17)18)11(22-15)9-10(2)23-24(19,20)21/h5-8,10H,4,9H2,1-3H3,(H,17,18)(H,19,20,21)/b6-5+,8-7+. The Balaban J connectivity index is 3.04. The predicted molar refractivity (Wildman–Crippen MR) is 84.4 cm³/mol. The average Bonchev–Trinajstić information content (AvgIpc) is 2.64. The van der Waals surface area contributed by atoms with Gasteiger partial charge in [-0.1, -0.05) is 25.2 Å². The molecule has 1 heterocycles. The molecule has 0 aromatic carbocycles. The van der Waals surface area contributed by atoms with E-state index >= 15 is 0 Å². The van der Waals surface area contributed by atoms with Crippen LogP contribution in [-0.4, -0.2) is 41.5 Å². The van der Waals surface area contributed by atoms with Crippen molar-refractivity contribution in [1.82, 2.24) is 0 Å². The van der Waals surface area contributed by atoms with Crippen molar-refractivity contribution in [3.05, 3.63) is 35.6 Å². The van der Waals surface area contributed by atoms with Crippen LogP contribution in [0.5, 0.6) is 0 Å². The SMILES string of the molecule is CC/C=C/C=C/C1(C)OC(CC(C)OS(=O)(=O)O)=C(C(=O)O)C1=O. The fourth-order valence-electron chi connectivity index (χ4n) is 2.15. The maximum atomic E-state index is 12.4. The van der Waals surface area contributed by atoms with Gasteiger partial charge in [-0.05, 0) is 26.3 Å². The first-order valence-electron chi connectivity index (χ1n) is 7.20. The highest BCUT2D eigenvalue weighted by molar-refractivity contribution is 7.80. The Labute approximate surface area is 140 Å². The number of hydrogen-bond acceptors (Lipinski definition) is 6. The van der Waals surface area contributed by atoms with Gasteiger partial charge in [0.1, 0.15) is 11.3 Å². The van der Waals surface area contributed by atoms with E-state index in [2.05, 4.69) is 4.18 Å². The molecule has 0 saturated heterocycles. The minimum atomic E-state index is -4.70. The van der Waals surface area contributed by atoms with Crippen LogP contribution < -0.4 is 0 Å². The third-order valence-electron chi connectivity index (χ3n) is 3.16. The van der Waals surface area contributed by atoms with Crippen LogP contribution in [0, 0.1) is 0 Å². The number of aliphatic carboxylic acids is 1. The molecule has 8 nitrogen and oxygen atoms in total. The van der Waals surface area contributed by atoms with Gasteiger partial charge in [0.15, 0.2) is 5.60 Å². The minimum absolute atomic E-state index is 0.199. The van der Waals surface area contributed by atoms with Crippen molar-refractivity contribution >= 4 is 22.2 Å². The van der Waals surface area contributed by atoms with Crippen molar-refractivity contribution in [2.75, 3.05) is 0 Å². The van der Waals surface area contributed by atoms with Crippen molar-refractivity contribution in [3.8, 4) is 0 Å². The van der Waals surface area contributed by atoms with Crippen LogP contribution >= 0.6 is 0 Å². The maximum absolute atomic E-state index is 12.4. The molecule has 1 rings (SSSR count). The molecule has 0 bridgehead atoms. The summed E-state index contributed by atoms with van der Waals surface area (Å²) < 4.78 is 39.8. The van der Waals surface area contributed by atoms with Crippen LogP contribution in [0.25, 0.3) is 0 Å². The molecule has 0 fully saturated rings. The van der Waals surface area contributed by atoms with E-state index in [4.69, 9.17) is 9.29 Å². The van der Waals surface area contributed by atoms with E-state index in [0.717, 1.165) is 6.42 Å². The highest BCUT2D eigenvalue weighted by Crippen LogP contribution is 2.34. The second-order valence-corrected chi connectivity index (χ2v) is 6.42. The smallest absolute Gasteiger partial charge is 0.397 e. The lowest BCUT2D eigenvalue weighted by Gasteiger charge is -2.20. The summed E-state index contributed by atoms with van der Waals surface area (Å²) in [7, 11) is -4.70. The van der Waals surface area contributed by atoms with E-state index in [-0.39, 0.29) is 12.2 Å². The number of carbonyl (C=O) groups is 2. The number of rotatable bonds is 8. The lowest BCUT2D eigenvalue weighted by molar-refractivity contribution is -0.135. The van der Waals surface area contributed by atoms with Crippen molar-refractivity contribution in [2.24, 2.45) is 0 Å². The van der Waals surface area contributed by atoms with Crippen molar-refractivity contribution in [1.29, 1.82) is 0 Å². The second kappa shape index (κ2) is 7.73. The lowest BCUT2D eigenvalue weighted by atomic mass is 9.96. The Bertz CT molecular complexity index is 701. The molecule has 0 aliphatic carbocycles. The van der Waals surface area contributed by atoms with E-state index in [1.54, 1.807) is 12.2 Å². The number of ketones is 1. The quantitative estimate of drug-likeness (QED) is 0.381. The van der Waals surface area contributed by atoms with Crippen LogP contribution in [-0.2, 0) is 28.9 Å². The Hall–Kier alpha value is -1.97. The number of allylic oxidation sites excluding steroid dienone is 3. The second-order valence-electron chi connectivity index (χ2n) is 5.38. The molecule has 1 aliphatic heterocycles. The van der Waals surface area contributed by atoms with E-state index in [0.29, 0.717) is 0 Å². The van der Waals surface area contributed by atoms with Gasteiger partial charge in [0.25, 0.3) is 0 Å². The fraction of sp³-hybridized carbons (Fsp3) is 0.467. The summed E-state index contributed by atoms with van der Waals surface area (Å²) in [6.07, 6.45) is 5.92. The summed E-state index contributed by atoms with van der Waals surface area (Å²) in [4.78, 5) is 23.7. The first kappa shape index (κ1) is 20.1. The van der Waals surface area contributed by atoms with Gasteiger partial charge < -0.3 is 9.84 Å². The molecule has 0 radical (unpaired) electrons. The molecule has 0 aromatic heterocycles. The Morgan fingerprint density at radius 2 is 2.04 bits per heavy atom. The summed E-state index contributed by atoms with van der Waals surface area (Å²) in [6.45, 7) is 4.64. The molecular weight excluding hydrogens is 340 g/mol. The summed E-state index contributed by atoms with van der Waals surface area (Å²) in [5, 5.41) is 9.24. The zero-order valence-electron chi connectivity index (χ0n) is 13.6. The molecule has 134 valence electrons. The molecule has 2 N–H and O–H groups in total. The number of ether oxygens (including phenoxy) is 1. The molecule has 2 unspecified atom stereocenters. The summed E-state index contributed by atoms with van der Waals surface area (Å²) >= 11 is 0. The highest BCUT2D eigenvalue weighted by Gasteiger charge is 2.47. The normalized spacial score (nSPS) is 23.2. The molecule has 1 aliphatic rings. The van der Waals surface area contributed by atoms with E-state index in [9.17, 15) is 23.1 Å². The fourth-order valence-corrected chi connectivity index (χ4v) is 2.64. The average molecular weight is 360 g/mol. The van der Waals surface area contributed by atoms with Crippen LogP contribution in [0.4, 0.5) is 0 Å². The van der Waals surface area contributed by atoms with Gasteiger partial charge in [0.2, 0.25) is 5.78 Å². The van der Waals surface area contributed by atoms with Crippen LogP contribution in [0.1, 0.15) is 33.6 Å². The molecule has 2 atom stereocenters. The van der Waals surface area contributed by atoms with Crippen molar-refractivity contribution in [3.63, 3.8) is 0 Å². The maximum Gasteiger partial charge on any atom is 0.397 e. The zero-order valence-corrected chi connectivity index (χ0v) is 14.4. The van der Waals surface area contributed by atoms with Gasteiger partial charge >= 0.3 is 16.4 Å². The number of carboxylic acid groups (broad SMARTS) is 1. The molecular formula is C15H20O8S. The first-order chi connectivity index (χ1) is 11.0. The Kier molecular flexibility index (Phi) is 6.47. The van der Waals surface area contributed by atoms with Crippen LogP contribution in [0.2, 0.25) is 0 Å². The lowest BCUT2D eigenvalue weighted by Crippen LogP contribution is -2.32. The molecule has 0 amide bonds. The molecule has 24 heavy (non-hydrogen) atoms. The number of carbonyl (C=O) groups excluding carboxylic acids is 1. The zero-order chi connectivity index (χ0) is 18.5. The van der Waals surface area contributed by atoms with Gasteiger partial charge in [-0.15, -0.1) is 0 Å². The van der Waals surface area contributed by atoms with Crippen molar-refractivity contribution in [2.45, 2.75) is 45.3 Å². The molecule has 0 aromatic rings. The van der Waals surface area contributed by atoms with Crippen LogP contribution in [0.15, 0.2) is 35.6 Å². The Morgan fingerprint density at radius 1 is 1.42 bits per heavy atom. The van der Waals surface area contributed by atoms with Gasteiger partial charge in [0.05, 0.1) is 6.10 Å². The summed E-state index contributed by atoms with van der Waals surface area (Å²) in [5.41, 5.74) is -2.06. The van der Waals surface area contributed by atoms with E-state index in [1.807, 2.05) is 13.0 Å². The highest BCUT2D eigenvalue weighted by atomic mass is 32.3. The predicted octanol–water partition coefficient (Wildman–Crippen LogP) is 1.80. The summed E-state index contributed by atoms with van der Waals surface area (Å²) in [5.74, 6) is -2.42. The van der Waals surface area contributed by atoms with E-state index < -0.39 is 39.4 Å². The van der Waals surface area contributed by atoms with Crippen molar-refractivity contribution < 1.29 is 36.6 Å². The van der Waals surface area contributed by atoms with Gasteiger partial charge in [-0.25, -0.2) is 8.98 Å². The number of Topliss-reactive ketones (excluding diaryl/α,β-unsaturated/α-hetero) is 1. The summed E-state index contributed by atoms with van der Waals surface area (Å²) in [6, 6.07) is 0. The molecule has 9 heteroatoms. The van der Waals surface area contributed by atoms with Gasteiger partial charge in [-0.2, -0.15) is 8.42 Å². The monoisotopic (exact) mass is 360 g/mol. The first-order valence-corrected chi connectivity index (χ1v) is 8.57. The minimum Gasteiger partial charge on any atom is -0.478 e. The molecule has 0 saturated carbocycles. The third-order valence-corrected chi connectivity index (χ3v) is 3.73. The van der Waals surface area contributed by atoms with Gasteiger partial charge in [0, 0.05) is 6.42 Å². The molecule has 0 spiro atoms. The number of carboxylic acids is 1. The van der Waals surface area contributed by atoms with Gasteiger partial charge in [-0.3, -0.25) is 9.35 Å². The largest absolute Gasteiger partial charge is 0.478 e.